The molecule has 1 rings (SSSR count). The van der Waals surface area contributed by atoms with E-state index in [4.69, 9.17) is 0 Å². The highest BCUT2D eigenvalue weighted by Gasteiger charge is 2.18. The normalized spacial score (nSPS) is 20.4. The van der Waals surface area contributed by atoms with Crippen LogP contribution in [0.3, 0.4) is 0 Å². The smallest absolute Gasteiger partial charge is 0.0233 e. The molecule has 1 aliphatic carbocycles. The van der Waals surface area contributed by atoms with E-state index in [9.17, 15) is 0 Å². The molecule has 23 heavy (non-hydrogen) atoms. The highest BCUT2D eigenvalue weighted by molar-refractivity contribution is 4.88. The van der Waals surface area contributed by atoms with Gasteiger partial charge in [-0.25, -0.2) is 0 Å². The Bertz CT molecular complexity index is 208. The first-order valence-corrected chi connectivity index (χ1v) is 11.0. The maximum absolute atomic E-state index is 2.42. The number of hydrogen-bond acceptors (Lipinski definition) is 0. The van der Waals surface area contributed by atoms with Crippen molar-refractivity contribution >= 4 is 0 Å². The fraction of sp³-hybridized carbons (Fsp3) is 0.913. The summed E-state index contributed by atoms with van der Waals surface area (Å²) in [4.78, 5) is 0. The average Bonchev–Trinajstić information content (AvgIpc) is 2.62. The van der Waals surface area contributed by atoms with E-state index in [2.05, 4.69) is 26.0 Å². The van der Waals surface area contributed by atoms with Crippen LogP contribution in [0.1, 0.15) is 125 Å². The lowest BCUT2D eigenvalue weighted by Gasteiger charge is -2.26. The summed E-state index contributed by atoms with van der Waals surface area (Å²) in [5.74, 6) is 1.96. The topological polar surface area (TPSA) is 0 Å². The minimum Gasteiger partial charge on any atom is -0.0914 e. The van der Waals surface area contributed by atoms with E-state index in [-0.39, 0.29) is 0 Å². The molecule has 1 aliphatic rings. The quantitative estimate of drug-likeness (QED) is 0.278. The summed E-state index contributed by atoms with van der Waals surface area (Å²) in [5.41, 5.74) is 0. The van der Waals surface area contributed by atoms with Crippen LogP contribution in [0.15, 0.2) is 12.2 Å². The van der Waals surface area contributed by atoms with Gasteiger partial charge >= 0.3 is 0 Å². The summed E-state index contributed by atoms with van der Waals surface area (Å²) >= 11 is 0. The van der Waals surface area contributed by atoms with Gasteiger partial charge in [0.25, 0.3) is 0 Å². The largest absolute Gasteiger partial charge is 0.0914 e. The minimum atomic E-state index is 0.903. The van der Waals surface area contributed by atoms with Gasteiger partial charge in [-0.1, -0.05) is 105 Å². The molecule has 0 amide bonds. The van der Waals surface area contributed by atoms with Gasteiger partial charge in [0.1, 0.15) is 0 Å². The molecular weight excluding hydrogens is 276 g/mol. The van der Waals surface area contributed by atoms with Crippen molar-refractivity contribution in [1.29, 1.82) is 0 Å². The van der Waals surface area contributed by atoms with E-state index in [1.54, 1.807) is 0 Å². The third-order valence-electron chi connectivity index (χ3n) is 4.82. The van der Waals surface area contributed by atoms with Crippen molar-refractivity contribution in [1.82, 2.24) is 0 Å². The van der Waals surface area contributed by atoms with Crippen LogP contribution in [0.4, 0.5) is 0 Å². The van der Waals surface area contributed by atoms with Crippen LogP contribution in [0.25, 0.3) is 0 Å². The molecule has 0 atom stereocenters. The first-order valence-electron chi connectivity index (χ1n) is 11.0. The Labute approximate surface area is 149 Å². The van der Waals surface area contributed by atoms with E-state index in [1.165, 1.54) is 83.5 Å². The van der Waals surface area contributed by atoms with Crippen LogP contribution in [0.5, 0.6) is 0 Å². The van der Waals surface area contributed by atoms with Gasteiger partial charge in [-0.3, -0.25) is 0 Å². The van der Waals surface area contributed by atoms with E-state index in [1.807, 2.05) is 27.7 Å². The number of unbranched alkanes of at least 4 members (excludes halogenated alkanes) is 7. The molecule has 0 bridgehead atoms. The second-order valence-electron chi connectivity index (χ2n) is 6.57. The maximum Gasteiger partial charge on any atom is -0.0233 e. The van der Waals surface area contributed by atoms with Gasteiger partial charge in [-0.15, -0.1) is 0 Å². The molecule has 0 unspecified atom stereocenters. The Morgan fingerprint density at radius 2 is 1.17 bits per heavy atom. The lowest BCUT2D eigenvalue weighted by atomic mass is 9.79. The average molecular weight is 325 g/mol. The van der Waals surface area contributed by atoms with Crippen LogP contribution in [0, 0.1) is 11.8 Å². The molecule has 0 aromatic carbocycles. The van der Waals surface area contributed by atoms with Gasteiger partial charge < -0.3 is 0 Å². The lowest BCUT2D eigenvalue weighted by Crippen LogP contribution is -2.12. The van der Waals surface area contributed by atoms with Gasteiger partial charge in [-0.2, -0.15) is 0 Å². The fourth-order valence-electron chi connectivity index (χ4n) is 3.51. The first kappa shape index (κ1) is 25.0. The molecule has 0 heteroatoms. The summed E-state index contributed by atoms with van der Waals surface area (Å²) in [6.07, 6.45) is 23.8. The van der Waals surface area contributed by atoms with Crippen molar-refractivity contribution in [2.75, 3.05) is 0 Å². The standard InChI is InChI=1S/C19H36.2C2H6/c1-3-5-6-7-8-9-10-11-13-19-16-14-18(12-4-2)15-17-19;2*1-2/h4,12,18-19H,3,5-11,13-17H2,1-2H3;2*1-2H3/b12-4+;;. The molecule has 0 aromatic heterocycles. The van der Waals surface area contributed by atoms with Gasteiger partial charge in [0.15, 0.2) is 0 Å². The Morgan fingerprint density at radius 3 is 1.65 bits per heavy atom. The molecule has 0 saturated heterocycles. The van der Waals surface area contributed by atoms with E-state index in [0.29, 0.717) is 0 Å². The van der Waals surface area contributed by atoms with Crippen molar-refractivity contribution < 1.29 is 0 Å². The van der Waals surface area contributed by atoms with Crippen molar-refractivity contribution in [3.8, 4) is 0 Å². The highest BCUT2D eigenvalue weighted by Crippen LogP contribution is 2.32. The van der Waals surface area contributed by atoms with Crippen LogP contribution < -0.4 is 0 Å². The number of hydrogen-bond donors (Lipinski definition) is 0. The first-order chi connectivity index (χ1) is 11.4. The van der Waals surface area contributed by atoms with Gasteiger partial charge in [-0.05, 0) is 44.4 Å². The molecule has 0 heterocycles. The molecule has 1 fully saturated rings. The van der Waals surface area contributed by atoms with Crippen molar-refractivity contribution in [2.24, 2.45) is 11.8 Å². The molecule has 0 spiro atoms. The van der Waals surface area contributed by atoms with Crippen LogP contribution in [-0.2, 0) is 0 Å². The monoisotopic (exact) mass is 324 g/mol. The molecule has 140 valence electrons. The summed E-state index contributed by atoms with van der Waals surface area (Å²) in [6, 6.07) is 0. The Morgan fingerprint density at radius 1 is 0.696 bits per heavy atom. The number of rotatable bonds is 10. The van der Waals surface area contributed by atoms with Crippen LogP contribution in [-0.4, -0.2) is 0 Å². The Hall–Kier alpha value is -0.260. The lowest BCUT2D eigenvalue weighted by molar-refractivity contribution is 0.288. The fourth-order valence-corrected chi connectivity index (χ4v) is 3.51. The summed E-state index contributed by atoms with van der Waals surface area (Å²) in [5, 5.41) is 0. The SMILES string of the molecule is C/C=C/C1CCC(CCCCCCCCCC)CC1.CC.CC. The molecular formula is C23H48. The van der Waals surface area contributed by atoms with Gasteiger partial charge in [0.2, 0.25) is 0 Å². The van der Waals surface area contributed by atoms with Gasteiger partial charge in [0.05, 0.1) is 0 Å². The predicted octanol–water partition coefficient (Wildman–Crippen LogP) is 8.95. The van der Waals surface area contributed by atoms with E-state index < -0.39 is 0 Å². The molecule has 0 aliphatic heterocycles. The van der Waals surface area contributed by atoms with Crippen molar-refractivity contribution in [3.63, 3.8) is 0 Å². The third-order valence-corrected chi connectivity index (χ3v) is 4.82. The highest BCUT2D eigenvalue weighted by atomic mass is 14.2. The molecule has 0 nitrogen and oxygen atoms in total. The van der Waals surface area contributed by atoms with Gasteiger partial charge in [0, 0.05) is 0 Å². The predicted molar refractivity (Wildman–Crippen MR) is 110 cm³/mol. The molecule has 1 saturated carbocycles. The van der Waals surface area contributed by atoms with Crippen LogP contribution >= 0.6 is 0 Å². The van der Waals surface area contributed by atoms with Crippen LogP contribution in [0.2, 0.25) is 0 Å². The van der Waals surface area contributed by atoms with Crippen molar-refractivity contribution in [3.05, 3.63) is 12.2 Å². The summed E-state index contributed by atoms with van der Waals surface area (Å²) < 4.78 is 0. The van der Waals surface area contributed by atoms with Crippen molar-refractivity contribution in [2.45, 2.75) is 125 Å². The third kappa shape index (κ3) is 16.4. The van der Waals surface area contributed by atoms with E-state index >= 15 is 0 Å². The molecule has 0 aromatic rings. The summed E-state index contributed by atoms with van der Waals surface area (Å²) in [7, 11) is 0. The Balaban J connectivity index is 0. The van der Waals surface area contributed by atoms with E-state index in [0.717, 1.165) is 11.8 Å². The Kier molecular flexibility index (Phi) is 23.6. The second kappa shape index (κ2) is 21.7. The number of allylic oxidation sites excluding steroid dienone is 2. The second-order valence-corrected chi connectivity index (χ2v) is 6.57. The molecule has 0 N–H and O–H groups in total. The zero-order valence-corrected chi connectivity index (χ0v) is 17.5. The zero-order chi connectivity index (χ0) is 17.8. The maximum atomic E-state index is 2.42. The molecule has 0 radical (unpaired) electrons. The zero-order valence-electron chi connectivity index (χ0n) is 17.5. The minimum absolute atomic E-state index is 0.903. The summed E-state index contributed by atoms with van der Waals surface area (Å²) in [6.45, 7) is 12.5.